The number of hydrogen-bond donors (Lipinski definition) is 0. The van der Waals surface area contributed by atoms with E-state index in [4.69, 9.17) is 8.83 Å². The molecule has 0 fully saturated rings. The summed E-state index contributed by atoms with van der Waals surface area (Å²) in [6, 6.07) is 73.7. The van der Waals surface area contributed by atoms with Crippen LogP contribution in [0.15, 0.2) is 203 Å². The highest BCUT2D eigenvalue weighted by Gasteiger charge is 2.31. The number of aromatic nitrogens is 1. The SMILES string of the molecule is CC(C)(C)c1cccc(N(c2ccc3c(c2)sc2cc4ccc5c6ccc(N(c7cccc(C(C)(C)C)c7)c7cccc8c7oc7c(C(C)(C)C)cccc78)c7c8cc(C(C)(C)C)ccc8n(c5c4cc23)c67)c2cccc3c2oc2c(C(C)(C)C)cccc23)c1. The molecule has 0 N–H and O–H groups in total. The Morgan fingerprint density at radius 1 is 0.311 bits per heavy atom. The summed E-state index contributed by atoms with van der Waals surface area (Å²) in [4.78, 5) is 4.92. The van der Waals surface area contributed by atoms with Crippen molar-refractivity contribution >= 4 is 158 Å². The lowest BCUT2D eigenvalue weighted by molar-refractivity contribution is 0.572. The fraction of sp³-hybridized carbons (Fsp3) is 0.238. The third-order valence-corrected chi connectivity index (χ3v) is 20.5. The van der Waals surface area contributed by atoms with E-state index in [0.717, 1.165) is 78.0 Å². The van der Waals surface area contributed by atoms with Gasteiger partial charge in [0.2, 0.25) is 0 Å². The third kappa shape index (κ3) is 8.53. The van der Waals surface area contributed by atoms with Crippen LogP contribution in [0.4, 0.5) is 34.1 Å². The van der Waals surface area contributed by atoms with E-state index in [1.54, 1.807) is 0 Å². The zero-order valence-corrected chi connectivity index (χ0v) is 55.4. The summed E-state index contributed by atoms with van der Waals surface area (Å²) in [6.07, 6.45) is 0. The number of fused-ring (bicyclic) bond motifs is 17. The Labute approximate surface area is 531 Å². The second kappa shape index (κ2) is 19.2. The molecule has 5 heterocycles. The summed E-state index contributed by atoms with van der Waals surface area (Å²) in [5, 5.41) is 14.4. The van der Waals surface area contributed by atoms with Crippen molar-refractivity contribution < 1.29 is 8.83 Å². The zero-order chi connectivity index (χ0) is 62.5. The number of thiophene rings is 1. The topological polar surface area (TPSA) is 37.2 Å². The molecule has 5 nitrogen and oxygen atoms in total. The standard InChI is InChI=1S/C84H77N3O2S/c1-80(2,3)49-22-16-24-52(43-49)85(69-32-20-28-60-58-26-18-30-65(83(10,11)12)76(58)88-78(60)69)54-36-38-55-63-47-62-48(42-71(63)90-72(55)46-54)34-37-56-57-39-41-68(73-64-45-51(82(7,8)9)35-40-67(64)87(74(56)62)75(57)73)86(53-25-17-23-50(44-53)81(4,5)6)70-33-21-29-61-59-27-19-31-66(84(13,14)15)77(59)89-79(61)70/h16-47H,1-15H3. The zero-order valence-electron chi connectivity index (χ0n) is 54.5. The van der Waals surface area contributed by atoms with Gasteiger partial charge in [0.05, 0.1) is 33.6 Å². The lowest BCUT2D eigenvalue weighted by atomic mass is 9.86. The molecule has 11 aromatic carbocycles. The molecule has 0 aliphatic carbocycles. The molecule has 0 radical (unpaired) electrons. The molecule has 0 saturated carbocycles. The van der Waals surface area contributed by atoms with Gasteiger partial charge in [-0.2, -0.15) is 0 Å². The quantitative estimate of drug-likeness (QED) is 0.166. The molecule has 446 valence electrons. The molecule has 0 atom stereocenters. The van der Waals surface area contributed by atoms with Gasteiger partial charge in [-0.25, -0.2) is 0 Å². The Morgan fingerprint density at radius 2 is 0.789 bits per heavy atom. The Morgan fingerprint density at radius 3 is 1.37 bits per heavy atom. The minimum atomic E-state index is -0.116. The van der Waals surface area contributed by atoms with E-state index in [1.165, 1.54) is 96.9 Å². The maximum atomic E-state index is 7.29. The minimum Gasteiger partial charge on any atom is -0.454 e. The molecule has 0 spiro atoms. The largest absolute Gasteiger partial charge is 0.454 e. The highest BCUT2D eigenvalue weighted by Crippen LogP contribution is 2.53. The average Bonchev–Trinajstić information content (AvgIpc) is 1.52. The number of furan rings is 2. The molecule has 0 aliphatic heterocycles. The fourth-order valence-electron chi connectivity index (χ4n) is 14.6. The van der Waals surface area contributed by atoms with Gasteiger partial charge in [0.1, 0.15) is 11.2 Å². The van der Waals surface area contributed by atoms with Crippen LogP contribution >= 0.6 is 11.3 Å². The molecule has 16 rings (SSSR count). The number of hydrogen-bond acceptors (Lipinski definition) is 5. The van der Waals surface area contributed by atoms with E-state index in [2.05, 4.69) is 312 Å². The van der Waals surface area contributed by atoms with Crippen LogP contribution in [0, 0.1) is 0 Å². The molecule has 0 unspecified atom stereocenters. The van der Waals surface area contributed by atoms with Crippen molar-refractivity contribution in [3.8, 4) is 0 Å². The van der Waals surface area contributed by atoms with Gasteiger partial charge in [-0.15, -0.1) is 11.3 Å². The van der Waals surface area contributed by atoms with Gasteiger partial charge in [0.25, 0.3) is 0 Å². The van der Waals surface area contributed by atoms with Crippen molar-refractivity contribution in [2.75, 3.05) is 9.80 Å². The van der Waals surface area contributed by atoms with E-state index in [0.29, 0.717) is 0 Å². The number of benzene rings is 11. The first-order valence-corrected chi connectivity index (χ1v) is 32.9. The highest BCUT2D eigenvalue weighted by atomic mass is 32.1. The second-order valence-corrected chi connectivity index (χ2v) is 31.7. The van der Waals surface area contributed by atoms with Crippen LogP contribution in [0.3, 0.4) is 0 Å². The van der Waals surface area contributed by atoms with Crippen molar-refractivity contribution in [3.63, 3.8) is 0 Å². The van der Waals surface area contributed by atoms with Crippen LogP contribution in [0.2, 0.25) is 0 Å². The second-order valence-electron chi connectivity index (χ2n) is 30.6. The first-order chi connectivity index (χ1) is 42.8. The maximum absolute atomic E-state index is 7.29. The summed E-state index contributed by atoms with van der Waals surface area (Å²) in [5.41, 5.74) is 19.6. The van der Waals surface area contributed by atoms with E-state index >= 15 is 0 Å². The predicted molar refractivity (Wildman–Crippen MR) is 389 cm³/mol. The van der Waals surface area contributed by atoms with Crippen LogP contribution in [0.25, 0.3) is 113 Å². The minimum absolute atomic E-state index is 0.0502. The number of rotatable bonds is 6. The molecular weight excluding hydrogens is 1120 g/mol. The Bertz CT molecular complexity index is 5650. The van der Waals surface area contributed by atoms with Crippen LogP contribution in [-0.2, 0) is 27.1 Å². The molecule has 0 aliphatic rings. The molecular formula is C84H77N3O2S. The molecule has 0 bridgehead atoms. The van der Waals surface area contributed by atoms with E-state index in [9.17, 15) is 0 Å². The normalized spacial score (nSPS) is 13.3. The van der Waals surface area contributed by atoms with Crippen molar-refractivity contribution in [3.05, 3.63) is 222 Å². The number of nitrogens with zero attached hydrogens (tertiary/aromatic N) is 3. The Kier molecular flexibility index (Phi) is 12.0. The van der Waals surface area contributed by atoms with Gasteiger partial charge >= 0.3 is 0 Å². The summed E-state index contributed by atoms with van der Waals surface area (Å²) >= 11 is 1.88. The Hall–Kier alpha value is -9.10. The molecule has 0 saturated heterocycles. The summed E-state index contributed by atoms with van der Waals surface area (Å²) in [6.45, 7) is 34.4. The third-order valence-electron chi connectivity index (χ3n) is 19.4. The number of anilines is 6. The smallest absolute Gasteiger partial charge is 0.159 e. The van der Waals surface area contributed by atoms with E-state index < -0.39 is 0 Å². The monoisotopic (exact) mass is 1190 g/mol. The maximum Gasteiger partial charge on any atom is 0.159 e. The van der Waals surface area contributed by atoms with Gasteiger partial charge < -0.3 is 23.0 Å². The lowest BCUT2D eigenvalue weighted by Gasteiger charge is -2.29. The highest BCUT2D eigenvalue weighted by molar-refractivity contribution is 7.26. The fourth-order valence-corrected chi connectivity index (χ4v) is 15.8. The van der Waals surface area contributed by atoms with Crippen LogP contribution in [0.5, 0.6) is 0 Å². The molecule has 90 heavy (non-hydrogen) atoms. The van der Waals surface area contributed by atoms with Crippen LogP contribution < -0.4 is 9.80 Å². The first-order valence-electron chi connectivity index (χ1n) is 32.1. The lowest BCUT2D eigenvalue weighted by Crippen LogP contribution is -2.15. The summed E-state index contributed by atoms with van der Waals surface area (Å²) in [5.74, 6) is 0. The summed E-state index contributed by atoms with van der Waals surface area (Å²) < 4.78 is 19.5. The summed E-state index contributed by atoms with van der Waals surface area (Å²) in [7, 11) is 0. The van der Waals surface area contributed by atoms with Crippen molar-refractivity contribution in [2.45, 2.75) is 131 Å². The average molecular weight is 1190 g/mol. The van der Waals surface area contributed by atoms with Gasteiger partial charge in [0, 0.05) is 96.8 Å². The molecule has 6 heteroatoms. The first kappa shape index (κ1) is 56.2. The predicted octanol–water partition coefficient (Wildman–Crippen LogP) is 25.6. The van der Waals surface area contributed by atoms with Gasteiger partial charge in [0.15, 0.2) is 11.2 Å². The van der Waals surface area contributed by atoms with E-state index in [1.807, 2.05) is 11.3 Å². The number of para-hydroxylation sites is 4. The Balaban J connectivity index is 0.936. The molecule has 0 amide bonds. The van der Waals surface area contributed by atoms with Crippen molar-refractivity contribution in [1.82, 2.24) is 4.40 Å². The van der Waals surface area contributed by atoms with Gasteiger partial charge in [-0.3, -0.25) is 0 Å². The van der Waals surface area contributed by atoms with Crippen molar-refractivity contribution in [1.29, 1.82) is 0 Å². The van der Waals surface area contributed by atoms with Gasteiger partial charge in [-0.05, 0) is 128 Å². The van der Waals surface area contributed by atoms with Crippen LogP contribution in [-0.4, -0.2) is 4.40 Å². The van der Waals surface area contributed by atoms with E-state index in [-0.39, 0.29) is 27.1 Å². The molecule has 16 aromatic rings. The van der Waals surface area contributed by atoms with Crippen molar-refractivity contribution in [2.24, 2.45) is 0 Å². The molecule has 5 aromatic heterocycles. The van der Waals surface area contributed by atoms with Crippen LogP contribution in [0.1, 0.15) is 132 Å². The van der Waals surface area contributed by atoms with Gasteiger partial charge in [-0.1, -0.05) is 219 Å².